The predicted octanol–water partition coefficient (Wildman–Crippen LogP) is 3.14. The number of ketones is 1. The molecular formula is C21H25NO3. The minimum absolute atomic E-state index is 0.0279. The zero-order valence-electron chi connectivity index (χ0n) is 14.7. The fourth-order valence-corrected chi connectivity index (χ4v) is 6.43. The Labute approximate surface area is 148 Å². The molecule has 5 aliphatic rings. The Morgan fingerprint density at radius 3 is 2.36 bits per heavy atom. The van der Waals surface area contributed by atoms with E-state index in [2.05, 4.69) is 5.32 Å². The summed E-state index contributed by atoms with van der Waals surface area (Å²) in [5, 5.41) is 3.37. The number of amides is 1. The van der Waals surface area contributed by atoms with Crippen LogP contribution < -0.4 is 10.1 Å². The molecule has 1 amide bonds. The number of ether oxygens (including phenoxy) is 1. The number of hydrogen-bond acceptors (Lipinski definition) is 3. The smallest absolute Gasteiger partial charge is 0.231 e. The summed E-state index contributed by atoms with van der Waals surface area (Å²) in [5.74, 6) is 2.46. The number of nitrogens with one attached hydrogen (secondary N) is 1. The second-order valence-electron chi connectivity index (χ2n) is 8.83. The summed E-state index contributed by atoms with van der Waals surface area (Å²) < 4.78 is 5.25. The first-order valence-electron chi connectivity index (χ1n) is 9.58. The van der Waals surface area contributed by atoms with E-state index in [-0.39, 0.29) is 17.2 Å². The second kappa shape index (κ2) is 5.33. The van der Waals surface area contributed by atoms with Gasteiger partial charge >= 0.3 is 0 Å². The summed E-state index contributed by atoms with van der Waals surface area (Å²) in [4.78, 5) is 25.7. The van der Waals surface area contributed by atoms with Crippen molar-refractivity contribution < 1.29 is 14.3 Å². The van der Waals surface area contributed by atoms with E-state index >= 15 is 0 Å². The fourth-order valence-electron chi connectivity index (χ4n) is 6.43. The van der Waals surface area contributed by atoms with E-state index in [1.54, 1.807) is 19.2 Å². The molecule has 4 saturated carbocycles. The number of carbonyl (C=O) groups excluding carboxylic acids is 2. The number of rotatable bonds is 3. The normalized spacial score (nSPS) is 37.9. The van der Waals surface area contributed by atoms with Crippen LogP contribution in [0.3, 0.4) is 0 Å². The Hall–Kier alpha value is -1.84. The molecule has 0 heterocycles. The van der Waals surface area contributed by atoms with Crippen LogP contribution in [0.15, 0.2) is 18.2 Å². The van der Waals surface area contributed by atoms with E-state index in [0.29, 0.717) is 12.0 Å². The summed E-state index contributed by atoms with van der Waals surface area (Å²) in [5.41, 5.74) is 1.60. The highest BCUT2D eigenvalue weighted by atomic mass is 16.5. The average Bonchev–Trinajstić information content (AvgIpc) is 2.89. The van der Waals surface area contributed by atoms with Crippen LogP contribution in [-0.2, 0) is 11.2 Å². The van der Waals surface area contributed by atoms with Crippen LogP contribution in [0.25, 0.3) is 0 Å². The Morgan fingerprint density at radius 2 is 1.76 bits per heavy atom. The van der Waals surface area contributed by atoms with Gasteiger partial charge in [0.2, 0.25) is 5.91 Å². The maximum Gasteiger partial charge on any atom is 0.231 e. The van der Waals surface area contributed by atoms with Gasteiger partial charge in [0.25, 0.3) is 0 Å². The maximum atomic E-state index is 13.0. The van der Waals surface area contributed by atoms with Gasteiger partial charge in [0.1, 0.15) is 11.7 Å². The molecule has 1 N–H and O–H groups in total. The molecule has 1 unspecified atom stereocenters. The van der Waals surface area contributed by atoms with Gasteiger partial charge in [-0.15, -0.1) is 0 Å². The molecule has 25 heavy (non-hydrogen) atoms. The lowest BCUT2D eigenvalue weighted by molar-refractivity contribution is -0.129. The molecule has 0 saturated heterocycles. The second-order valence-corrected chi connectivity index (χ2v) is 8.83. The summed E-state index contributed by atoms with van der Waals surface area (Å²) in [7, 11) is 1.62. The van der Waals surface area contributed by atoms with Crippen LogP contribution in [0.4, 0.5) is 0 Å². The molecule has 5 aliphatic carbocycles. The monoisotopic (exact) mass is 339 g/mol. The Bertz CT molecular complexity index is 718. The minimum atomic E-state index is -0.560. The number of methoxy groups -OCH3 is 1. The van der Waals surface area contributed by atoms with Crippen molar-refractivity contribution in [3.63, 3.8) is 0 Å². The van der Waals surface area contributed by atoms with Gasteiger partial charge in [-0.1, -0.05) is 0 Å². The van der Waals surface area contributed by atoms with E-state index < -0.39 is 5.92 Å². The van der Waals surface area contributed by atoms with E-state index in [1.165, 1.54) is 19.3 Å². The molecule has 0 aromatic heterocycles. The largest absolute Gasteiger partial charge is 0.497 e. The van der Waals surface area contributed by atoms with Gasteiger partial charge < -0.3 is 10.1 Å². The molecule has 4 heteroatoms. The summed E-state index contributed by atoms with van der Waals surface area (Å²) >= 11 is 0. The van der Waals surface area contributed by atoms with Gasteiger partial charge in [0.15, 0.2) is 5.78 Å². The van der Waals surface area contributed by atoms with E-state index in [4.69, 9.17) is 4.74 Å². The Kier molecular flexibility index (Phi) is 3.28. The highest BCUT2D eigenvalue weighted by molar-refractivity contribution is 6.13. The molecule has 0 spiro atoms. The van der Waals surface area contributed by atoms with E-state index in [1.807, 2.05) is 6.07 Å². The third kappa shape index (κ3) is 2.41. The molecule has 6 rings (SSSR count). The molecule has 1 aromatic carbocycles. The first kappa shape index (κ1) is 15.4. The van der Waals surface area contributed by atoms with Gasteiger partial charge in [-0.2, -0.15) is 0 Å². The summed E-state index contributed by atoms with van der Waals surface area (Å²) in [6.45, 7) is 0. The zero-order chi connectivity index (χ0) is 17.2. The Balaban J connectivity index is 1.35. The predicted molar refractivity (Wildman–Crippen MR) is 93.6 cm³/mol. The van der Waals surface area contributed by atoms with Crippen molar-refractivity contribution >= 4 is 11.7 Å². The van der Waals surface area contributed by atoms with Gasteiger partial charge in [-0.3, -0.25) is 9.59 Å². The number of hydrogen-bond donors (Lipinski definition) is 1. The van der Waals surface area contributed by atoms with Gasteiger partial charge in [0, 0.05) is 11.1 Å². The van der Waals surface area contributed by atoms with Crippen LogP contribution in [0, 0.1) is 23.7 Å². The van der Waals surface area contributed by atoms with Crippen LogP contribution in [0.5, 0.6) is 5.75 Å². The van der Waals surface area contributed by atoms with E-state index in [0.717, 1.165) is 48.3 Å². The van der Waals surface area contributed by atoms with Crippen LogP contribution in [0.2, 0.25) is 0 Å². The molecule has 1 atom stereocenters. The molecule has 4 fully saturated rings. The topological polar surface area (TPSA) is 55.4 Å². The molecule has 1 aromatic rings. The first-order chi connectivity index (χ1) is 12.0. The number of fused-ring (bicyclic) bond motifs is 1. The van der Waals surface area contributed by atoms with Crippen LogP contribution in [-0.4, -0.2) is 24.3 Å². The molecule has 132 valence electrons. The van der Waals surface area contributed by atoms with Gasteiger partial charge in [0.05, 0.1) is 7.11 Å². The number of benzene rings is 1. The van der Waals surface area contributed by atoms with Crippen LogP contribution in [0.1, 0.15) is 54.4 Å². The molecule has 0 aliphatic heterocycles. The summed E-state index contributed by atoms with van der Waals surface area (Å²) in [6, 6.07) is 5.50. The number of carbonyl (C=O) groups is 2. The summed E-state index contributed by atoms with van der Waals surface area (Å²) in [6.07, 6.45) is 7.91. The van der Waals surface area contributed by atoms with Crippen LogP contribution >= 0.6 is 0 Å². The quantitative estimate of drug-likeness (QED) is 0.861. The maximum absolute atomic E-state index is 13.0. The lowest BCUT2D eigenvalue weighted by atomic mass is 9.53. The zero-order valence-corrected chi connectivity index (χ0v) is 14.7. The van der Waals surface area contributed by atoms with Crippen molar-refractivity contribution in [3.8, 4) is 5.75 Å². The standard InChI is InChI=1S/C21H25NO3/c1-25-16-2-3-17-15(7-16)8-18(19(17)23)20(24)22-21-9-12-4-13(10-21)6-14(5-12)11-21/h2-3,7,12-14,18H,4-6,8-11H2,1H3,(H,22,24). The van der Waals surface area contributed by atoms with Crippen molar-refractivity contribution in [3.05, 3.63) is 29.3 Å². The average molecular weight is 339 g/mol. The van der Waals surface area contributed by atoms with Crippen molar-refractivity contribution in [2.24, 2.45) is 23.7 Å². The minimum Gasteiger partial charge on any atom is -0.497 e. The SMILES string of the molecule is COc1ccc2c(c1)CC(C(=O)NC13CC4CC(CC(C4)C1)C3)C2=O. The third-order valence-corrected chi connectivity index (χ3v) is 7.06. The van der Waals surface area contributed by atoms with Crippen molar-refractivity contribution in [1.82, 2.24) is 5.32 Å². The lowest BCUT2D eigenvalue weighted by Crippen LogP contribution is -2.61. The first-order valence-corrected chi connectivity index (χ1v) is 9.58. The van der Waals surface area contributed by atoms with Crippen molar-refractivity contribution in [2.45, 2.75) is 50.5 Å². The fraction of sp³-hybridized carbons (Fsp3) is 0.619. The van der Waals surface area contributed by atoms with Gasteiger partial charge in [-0.25, -0.2) is 0 Å². The molecule has 4 bridgehead atoms. The van der Waals surface area contributed by atoms with Crippen molar-refractivity contribution in [2.75, 3.05) is 7.11 Å². The molecule has 0 radical (unpaired) electrons. The lowest BCUT2D eigenvalue weighted by Gasteiger charge is -2.57. The molecule has 4 nitrogen and oxygen atoms in total. The third-order valence-electron chi connectivity index (χ3n) is 7.06. The highest BCUT2D eigenvalue weighted by Gasteiger charge is 2.52. The van der Waals surface area contributed by atoms with Crippen molar-refractivity contribution in [1.29, 1.82) is 0 Å². The highest BCUT2D eigenvalue weighted by Crippen LogP contribution is 2.55. The van der Waals surface area contributed by atoms with E-state index in [9.17, 15) is 9.59 Å². The Morgan fingerprint density at radius 1 is 1.12 bits per heavy atom. The molecular weight excluding hydrogens is 314 g/mol. The number of Topliss-reactive ketones (excluding diaryl/α,β-unsaturated/α-hetero) is 1. The van der Waals surface area contributed by atoms with Gasteiger partial charge in [-0.05, 0) is 86.5 Å².